The molecule has 2 aromatic heterocycles. The lowest BCUT2D eigenvalue weighted by Gasteiger charge is -2.23. The Balaban J connectivity index is 1.80. The fraction of sp³-hybridized carbons (Fsp3) is 0.0476. The number of fused-ring (bicyclic) bond motifs is 1. The summed E-state index contributed by atoms with van der Waals surface area (Å²) in [7, 11) is -3.93. The van der Waals surface area contributed by atoms with Gasteiger partial charge in [-0.15, -0.1) is 0 Å². The normalized spacial score (nSPS) is 11.2. The summed E-state index contributed by atoms with van der Waals surface area (Å²) < 4.78 is 27.3. The van der Waals surface area contributed by atoms with E-state index >= 15 is 0 Å². The molecule has 0 atom stereocenters. The first kappa shape index (κ1) is 19.2. The topological polar surface area (TPSA) is 65.4 Å². The van der Waals surface area contributed by atoms with Crippen LogP contribution >= 0.6 is 20.0 Å². The van der Waals surface area contributed by atoms with Gasteiger partial charge in [0, 0.05) is 11.6 Å². The smallest absolute Gasteiger partial charge is 0.399 e. The molecule has 0 aliphatic rings. The molecule has 4 aromatic rings. The van der Waals surface area contributed by atoms with E-state index in [2.05, 4.69) is 10.2 Å². The van der Waals surface area contributed by atoms with Gasteiger partial charge in [0.15, 0.2) is 5.65 Å². The number of rotatable bonds is 6. The van der Waals surface area contributed by atoms with Crippen LogP contribution in [-0.4, -0.2) is 9.66 Å². The summed E-state index contributed by atoms with van der Waals surface area (Å²) in [5.41, 5.74) is 1.36. The number of hydrogen-bond donors (Lipinski definition) is 1. The maximum Gasteiger partial charge on any atom is 0.556 e. The molecule has 29 heavy (non-hydrogen) atoms. The molecule has 2 heterocycles. The van der Waals surface area contributed by atoms with Gasteiger partial charge in [0.25, 0.3) is 0 Å². The highest BCUT2D eigenvalue weighted by Crippen LogP contribution is 2.46. The molecule has 0 aliphatic heterocycles. The third-order valence-corrected chi connectivity index (χ3v) is 5.95. The molecule has 8 heteroatoms. The number of aryl methyl sites for hydroxylation is 1. The van der Waals surface area contributed by atoms with E-state index in [0.717, 1.165) is 10.9 Å². The Morgan fingerprint density at radius 1 is 0.931 bits per heavy atom. The van der Waals surface area contributed by atoms with Crippen molar-refractivity contribution in [1.29, 1.82) is 0 Å². The van der Waals surface area contributed by atoms with Crippen LogP contribution in [0.4, 0.5) is 0 Å². The number of benzene rings is 2. The van der Waals surface area contributed by atoms with E-state index in [4.69, 9.17) is 21.3 Å². The highest BCUT2D eigenvalue weighted by molar-refractivity contribution is 7.71. The first-order chi connectivity index (χ1) is 14.0. The minimum absolute atomic E-state index is 0.399. The minimum atomic E-state index is -3.93. The standard InChI is InChI=1S/C21H18N3O3PS/c1-16-15-17-9-8-14-22-20(17)24(21(16)29)23-28(25,26-18-10-4-2-5-11-18)27-19-12-6-3-7-13-19/h2-15H,1H3,(H,23,25). The Bertz CT molecular complexity index is 1200. The van der Waals surface area contributed by atoms with E-state index in [1.54, 1.807) is 54.7 Å². The second-order valence-corrected chi connectivity index (χ2v) is 8.24. The number of nitrogens with one attached hydrogen (secondary N) is 1. The van der Waals surface area contributed by atoms with Crippen LogP contribution in [0, 0.1) is 11.6 Å². The van der Waals surface area contributed by atoms with Gasteiger partial charge in [0.1, 0.15) is 16.1 Å². The Hall–Kier alpha value is -3.15. The predicted molar refractivity (Wildman–Crippen MR) is 116 cm³/mol. The van der Waals surface area contributed by atoms with Crippen molar-refractivity contribution in [2.45, 2.75) is 6.92 Å². The van der Waals surface area contributed by atoms with E-state index < -0.39 is 7.75 Å². The molecule has 0 saturated heterocycles. The van der Waals surface area contributed by atoms with Gasteiger partial charge in [0.2, 0.25) is 0 Å². The van der Waals surface area contributed by atoms with Crippen LogP contribution in [-0.2, 0) is 4.57 Å². The molecule has 0 aliphatic carbocycles. The molecule has 2 aromatic carbocycles. The van der Waals surface area contributed by atoms with Crippen molar-refractivity contribution in [3.8, 4) is 11.5 Å². The summed E-state index contributed by atoms with van der Waals surface area (Å²) in [5, 5.41) is 3.71. The Labute approximate surface area is 173 Å². The maximum atomic E-state index is 13.8. The summed E-state index contributed by atoms with van der Waals surface area (Å²) in [6, 6.07) is 23.3. The van der Waals surface area contributed by atoms with Gasteiger partial charge in [-0.25, -0.2) is 19.4 Å². The Morgan fingerprint density at radius 2 is 1.52 bits per heavy atom. The van der Waals surface area contributed by atoms with Gasteiger partial charge in [-0.3, -0.25) is 0 Å². The first-order valence-electron chi connectivity index (χ1n) is 8.89. The van der Waals surface area contributed by atoms with Gasteiger partial charge < -0.3 is 9.05 Å². The molecule has 0 unspecified atom stereocenters. The van der Waals surface area contributed by atoms with Crippen molar-refractivity contribution in [1.82, 2.24) is 9.66 Å². The SMILES string of the molecule is Cc1cc2cccnc2n(NP(=O)(Oc2ccccc2)Oc2ccccc2)c1=S. The summed E-state index contributed by atoms with van der Waals surface area (Å²) in [4.78, 5) is 4.38. The van der Waals surface area contributed by atoms with E-state index in [1.165, 1.54) is 4.68 Å². The van der Waals surface area contributed by atoms with Crippen LogP contribution in [0.5, 0.6) is 11.5 Å². The summed E-state index contributed by atoms with van der Waals surface area (Å²) >= 11 is 5.55. The van der Waals surface area contributed by atoms with Crippen molar-refractivity contribution in [2.24, 2.45) is 0 Å². The fourth-order valence-corrected chi connectivity index (χ4v) is 4.41. The molecule has 4 rings (SSSR count). The largest absolute Gasteiger partial charge is 0.556 e. The van der Waals surface area contributed by atoms with Crippen LogP contribution in [0.15, 0.2) is 85.1 Å². The van der Waals surface area contributed by atoms with Crippen molar-refractivity contribution >= 4 is 31.0 Å². The molecule has 0 bridgehead atoms. The van der Waals surface area contributed by atoms with Gasteiger partial charge in [-0.1, -0.05) is 48.6 Å². The number of para-hydroxylation sites is 2. The summed E-state index contributed by atoms with van der Waals surface area (Å²) in [5.74, 6) is 0.798. The third kappa shape index (κ3) is 4.31. The van der Waals surface area contributed by atoms with Crippen LogP contribution < -0.4 is 14.2 Å². The maximum absolute atomic E-state index is 13.8. The second kappa shape index (κ2) is 8.07. The molecule has 0 saturated carbocycles. The predicted octanol–water partition coefficient (Wildman–Crippen LogP) is 5.88. The molecule has 0 amide bonds. The first-order valence-corrected chi connectivity index (χ1v) is 10.8. The van der Waals surface area contributed by atoms with Crippen molar-refractivity contribution < 1.29 is 13.6 Å². The highest BCUT2D eigenvalue weighted by atomic mass is 32.1. The number of hydrogen-bond acceptors (Lipinski definition) is 5. The highest BCUT2D eigenvalue weighted by Gasteiger charge is 2.30. The third-order valence-electron chi connectivity index (χ3n) is 4.10. The number of aromatic nitrogens is 2. The lowest BCUT2D eigenvalue weighted by atomic mass is 10.2. The molecule has 6 nitrogen and oxygen atoms in total. The van der Waals surface area contributed by atoms with Crippen LogP contribution in [0.1, 0.15) is 5.56 Å². The monoisotopic (exact) mass is 423 g/mol. The van der Waals surface area contributed by atoms with Crippen LogP contribution in [0.25, 0.3) is 11.0 Å². The number of pyridine rings is 2. The average molecular weight is 423 g/mol. The van der Waals surface area contributed by atoms with Gasteiger partial charge in [-0.2, -0.15) is 0 Å². The second-order valence-electron chi connectivity index (χ2n) is 6.29. The lowest BCUT2D eigenvalue weighted by molar-refractivity contribution is 0.387. The van der Waals surface area contributed by atoms with Crippen LogP contribution in [0.3, 0.4) is 0 Å². The van der Waals surface area contributed by atoms with Gasteiger partial charge in [-0.05, 0) is 55.0 Å². The van der Waals surface area contributed by atoms with Gasteiger partial charge in [0.05, 0.1) is 0 Å². The molecule has 0 radical (unpaired) electrons. The Kier molecular flexibility index (Phi) is 5.34. The van der Waals surface area contributed by atoms with Crippen LogP contribution in [0.2, 0.25) is 0 Å². The molecule has 146 valence electrons. The quantitative estimate of drug-likeness (QED) is 0.308. The van der Waals surface area contributed by atoms with Gasteiger partial charge >= 0.3 is 7.75 Å². The van der Waals surface area contributed by atoms with E-state index in [1.807, 2.05) is 37.3 Å². The van der Waals surface area contributed by atoms with Crippen molar-refractivity contribution in [3.05, 3.63) is 95.3 Å². The van der Waals surface area contributed by atoms with Crippen molar-refractivity contribution in [2.75, 3.05) is 5.20 Å². The fourth-order valence-electron chi connectivity index (χ4n) is 2.79. The summed E-state index contributed by atoms with van der Waals surface area (Å²) in [6.45, 7) is 1.88. The zero-order valence-electron chi connectivity index (χ0n) is 15.6. The van der Waals surface area contributed by atoms with E-state index in [9.17, 15) is 4.57 Å². The average Bonchev–Trinajstić information content (AvgIpc) is 2.73. The lowest BCUT2D eigenvalue weighted by Crippen LogP contribution is -2.21. The Morgan fingerprint density at radius 3 is 2.10 bits per heavy atom. The minimum Gasteiger partial charge on any atom is -0.399 e. The summed E-state index contributed by atoms with van der Waals surface area (Å²) in [6.07, 6.45) is 1.64. The molecule has 0 fully saturated rings. The van der Waals surface area contributed by atoms with E-state index in [0.29, 0.717) is 21.8 Å². The molecule has 0 spiro atoms. The molecule has 1 N–H and O–H groups in total. The molecular formula is C21H18N3O3PS. The van der Waals surface area contributed by atoms with E-state index in [-0.39, 0.29) is 0 Å². The molecular weight excluding hydrogens is 405 g/mol. The zero-order chi connectivity index (χ0) is 20.3. The van der Waals surface area contributed by atoms with Crippen molar-refractivity contribution in [3.63, 3.8) is 0 Å². The number of nitrogens with zero attached hydrogens (tertiary/aromatic N) is 2. The zero-order valence-corrected chi connectivity index (χ0v) is 17.3.